The van der Waals surface area contributed by atoms with Crippen LogP contribution in [0, 0.1) is 6.92 Å². The third kappa shape index (κ3) is 4.12. The Hall–Kier alpha value is -2.77. The van der Waals surface area contributed by atoms with Crippen LogP contribution in [0.5, 0.6) is 0 Å². The van der Waals surface area contributed by atoms with Crippen LogP contribution < -0.4 is 15.5 Å². The van der Waals surface area contributed by atoms with Crippen LogP contribution in [0.15, 0.2) is 36.4 Å². The summed E-state index contributed by atoms with van der Waals surface area (Å²) in [4.78, 5) is 20.6. The molecule has 0 unspecified atom stereocenters. The topological polar surface area (TPSA) is 71.3 Å². The highest BCUT2D eigenvalue weighted by Crippen LogP contribution is 2.40. The Labute approximate surface area is 214 Å². The van der Waals surface area contributed by atoms with E-state index in [-0.39, 0.29) is 24.2 Å². The van der Waals surface area contributed by atoms with Gasteiger partial charge in [0.25, 0.3) is 5.91 Å². The molecule has 2 aromatic rings. The van der Waals surface area contributed by atoms with Gasteiger partial charge in [0, 0.05) is 44.0 Å². The summed E-state index contributed by atoms with van der Waals surface area (Å²) in [7, 11) is 0. The second-order valence-corrected chi connectivity index (χ2v) is 11.2. The highest BCUT2D eigenvalue weighted by Gasteiger charge is 2.50. The van der Waals surface area contributed by atoms with Gasteiger partial charge in [-0.1, -0.05) is 18.2 Å². The molecule has 7 nitrogen and oxygen atoms in total. The molecule has 2 aromatic carbocycles. The first-order valence-corrected chi connectivity index (χ1v) is 13.5. The Balaban J connectivity index is 1.18. The average Bonchev–Trinajstić information content (AvgIpc) is 3.19. The number of nitrogen functional groups attached to an aromatic ring is 1. The van der Waals surface area contributed by atoms with Gasteiger partial charge in [-0.05, 0) is 75.8 Å². The Bertz CT molecular complexity index is 1160. The molecule has 3 aliphatic heterocycles. The number of para-hydroxylation sites is 1. The van der Waals surface area contributed by atoms with Gasteiger partial charge in [0.15, 0.2) is 5.79 Å². The van der Waals surface area contributed by atoms with Crippen molar-refractivity contribution < 1.29 is 14.3 Å². The van der Waals surface area contributed by atoms with Gasteiger partial charge in [0.05, 0.1) is 23.5 Å². The van der Waals surface area contributed by atoms with Gasteiger partial charge >= 0.3 is 0 Å². The molecule has 3 atom stereocenters. The molecule has 192 valence electrons. The lowest BCUT2D eigenvalue weighted by atomic mass is 9.86. The minimum atomic E-state index is -0.586. The predicted octanol–water partition coefficient (Wildman–Crippen LogP) is 3.97. The predicted molar refractivity (Wildman–Crippen MR) is 143 cm³/mol. The third-order valence-electron chi connectivity index (χ3n) is 8.43. The molecule has 1 amide bonds. The summed E-state index contributed by atoms with van der Waals surface area (Å²) >= 11 is 0. The molecule has 3 heterocycles. The molecular weight excluding hydrogens is 452 g/mol. The monoisotopic (exact) mass is 490 g/mol. The molecule has 7 heteroatoms. The van der Waals surface area contributed by atoms with Crippen molar-refractivity contribution in [1.82, 2.24) is 4.90 Å². The Morgan fingerprint density at radius 2 is 1.67 bits per heavy atom. The van der Waals surface area contributed by atoms with Crippen molar-refractivity contribution in [3.05, 3.63) is 53.1 Å². The van der Waals surface area contributed by atoms with Gasteiger partial charge in [0.1, 0.15) is 6.10 Å². The molecule has 0 aromatic heterocycles. The fourth-order valence-electron chi connectivity index (χ4n) is 6.69. The maximum absolute atomic E-state index is 13.7. The fraction of sp³-hybridized carbons (Fsp3) is 0.552. The van der Waals surface area contributed by atoms with E-state index < -0.39 is 5.79 Å². The largest absolute Gasteiger partial charge is 0.397 e. The van der Waals surface area contributed by atoms with Gasteiger partial charge in [-0.25, -0.2) is 0 Å². The number of carbonyl (C=O) groups is 1. The van der Waals surface area contributed by atoms with Crippen LogP contribution in [0.2, 0.25) is 0 Å². The Morgan fingerprint density at radius 1 is 0.944 bits per heavy atom. The minimum absolute atomic E-state index is 0.0552. The number of amides is 1. The highest BCUT2D eigenvalue weighted by atomic mass is 16.8. The number of nitrogens with two attached hydrogens (primary N) is 1. The maximum Gasteiger partial charge on any atom is 0.254 e. The van der Waals surface area contributed by atoms with E-state index in [1.807, 2.05) is 24.8 Å². The molecule has 0 spiro atoms. The first-order chi connectivity index (χ1) is 17.3. The van der Waals surface area contributed by atoms with Gasteiger partial charge in [-0.3, -0.25) is 4.79 Å². The summed E-state index contributed by atoms with van der Waals surface area (Å²) < 4.78 is 12.4. The average molecular weight is 491 g/mol. The van der Waals surface area contributed by atoms with E-state index in [1.54, 1.807) is 0 Å². The zero-order chi connectivity index (χ0) is 25.0. The van der Waals surface area contributed by atoms with E-state index in [0.29, 0.717) is 12.2 Å². The molecule has 4 aliphatic rings. The summed E-state index contributed by atoms with van der Waals surface area (Å²) in [6, 6.07) is 12.7. The summed E-state index contributed by atoms with van der Waals surface area (Å²) in [5, 5.41) is 0. The molecule has 3 fully saturated rings. The number of hydrogen-bond donors (Lipinski definition) is 1. The van der Waals surface area contributed by atoms with E-state index in [9.17, 15) is 4.79 Å². The van der Waals surface area contributed by atoms with Crippen LogP contribution in [0.3, 0.4) is 0 Å². The SMILES string of the molecule is Cc1ccccc1N1CCN(c2cc3c(cc2N)C(=O)N([C@H]2CCC[C@@H]4OC(C)(C)O[C@@H]42)CC3)CC1. The number of hydrogen-bond acceptors (Lipinski definition) is 6. The lowest BCUT2D eigenvalue weighted by Gasteiger charge is -2.42. The number of carbonyl (C=O) groups excluding carboxylic acids is 1. The number of benzene rings is 2. The van der Waals surface area contributed by atoms with Crippen molar-refractivity contribution in [2.24, 2.45) is 0 Å². The zero-order valence-electron chi connectivity index (χ0n) is 21.7. The minimum Gasteiger partial charge on any atom is -0.397 e. The second kappa shape index (κ2) is 8.96. The molecule has 0 radical (unpaired) electrons. The summed E-state index contributed by atoms with van der Waals surface area (Å²) in [5.41, 5.74) is 12.8. The number of piperazine rings is 1. The van der Waals surface area contributed by atoms with E-state index in [1.165, 1.54) is 11.3 Å². The normalized spacial score (nSPS) is 27.7. The van der Waals surface area contributed by atoms with Crippen molar-refractivity contribution in [3.63, 3.8) is 0 Å². The molecule has 36 heavy (non-hydrogen) atoms. The van der Waals surface area contributed by atoms with Crippen molar-refractivity contribution in [3.8, 4) is 0 Å². The Kier molecular flexibility index (Phi) is 5.88. The van der Waals surface area contributed by atoms with E-state index >= 15 is 0 Å². The van der Waals surface area contributed by atoms with Crippen LogP contribution >= 0.6 is 0 Å². The van der Waals surface area contributed by atoms with Crippen LogP contribution in [0.25, 0.3) is 0 Å². The van der Waals surface area contributed by atoms with Crippen LogP contribution in [-0.4, -0.2) is 67.6 Å². The number of aryl methyl sites for hydroxylation is 1. The number of fused-ring (bicyclic) bond motifs is 2. The standard InChI is InChI=1S/C29H38N4O3/c1-19-7-4-5-8-23(19)31-13-15-32(16-14-31)25-17-20-11-12-33(28(34)21(20)18-22(25)30)24-9-6-10-26-27(24)36-29(2,3)35-26/h4-5,7-8,17-18,24,26-27H,6,9-16,30H2,1-3H3/t24-,26-,27+/m0/s1. The van der Waals surface area contributed by atoms with Crippen molar-refractivity contribution >= 4 is 23.0 Å². The first kappa shape index (κ1) is 23.6. The lowest BCUT2D eigenvalue weighted by Crippen LogP contribution is -2.54. The number of nitrogens with zero attached hydrogens (tertiary/aromatic N) is 3. The maximum atomic E-state index is 13.7. The van der Waals surface area contributed by atoms with Gasteiger partial charge in [0.2, 0.25) is 0 Å². The third-order valence-corrected chi connectivity index (χ3v) is 8.43. The number of ether oxygens (including phenoxy) is 2. The van der Waals surface area contributed by atoms with Gasteiger partial charge in [-0.2, -0.15) is 0 Å². The van der Waals surface area contributed by atoms with Gasteiger partial charge < -0.3 is 29.9 Å². The molecular formula is C29H38N4O3. The van der Waals surface area contributed by atoms with Crippen LogP contribution in [0.1, 0.15) is 54.6 Å². The van der Waals surface area contributed by atoms with Crippen molar-refractivity contribution in [2.45, 2.75) is 70.5 Å². The van der Waals surface area contributed by atoms with Crippen LogP contribution in [-0.2, 0) is 15.9 Å². The summed E-state index contributed by atoms with van der Waals surface area (Å²) in [6.45, 7) is 10.6. The van der Waals surface area contributed by atoms with Crippen molar-refractivity contribution in [1.29, 1.82) is 0 Å². The quantitative estimate of drug-likeness (QED) is 0.657. The molecule has 2 saturated heterocycles. The fourth-order valence-corrected chi connectivity index (χ4v) is 6.69. The molecule has 2 N–H and O–H groups in total. The van der Waals surface area contributed by atoms with E-state index in [2.05, 4.69) is 47.1 Å². The summed E-state index contributed by atoms with van der Waals surface area (Å²) in [6.07, 6.45) is 3.86. The lowest BCUT2D eigenvalue weighted by molar-refractivity contribution is -0.149. The highest BCUT2D eigenvalue weighted by molar-refractivity contribution is 5.99. The molecule has 6 rings (SSSR count). The Morgan fingerprint density at radius 3 is 2.42 bits per heavy atom. The molecule has 1 aliphatic carbocycles. The smallest absolute Gasteiger partial charge is 0.254 e. The van der Waals surface area contributed by atoms with Crippen molar-refractivity contribution in [2.75, 3.05) is 48.3 Å². The van der Waals surface area contributed by atoms with Gasteiger partial charge in [-0.15, -0.1) is 0 Å². The van der Waals surface area contributed by atoms with E-state index in [0.717, 1.165) is 68.7 Å². The zero-order valence-corrected chi connectivity index (χ0v) is 21.7. The molecule has 0 bridgehead atoms. The first-order valence-electron chi connectivity index (χ1n) is 13.5. The number of rotatable bonds is 3. The number of anilines is 3. The molecule has 1 saturated carbocycles. The second-order valence-electron chi connectivity index (χ2n) is 11.2. The summed E-state index contributed by atoms with van der Waals surface area (Å²) in [5.74, 6) is -0.505. The van der Waals surface area contributed by atoms with Crippen LogP contribution in [0.4, 0.5) is 17.1 Å². The van der Waals surface area contributed by atoms with E-state index in [4.69, 9.17) is 15.2 Å².